The van der Waals surface area contributed by atoms with Gasteiger partial charge in [0.05, 0.1) is 13.2 Å². The van der Waals surface area contributed by atoms with E-state index >= 15 is 0 Å². The van der Waals surface area contributed by atoms with E-state index in [1.807, 2.05) is 4.90 Å². The number of morpholine rings is 1. The van der Waals surface area contributed by atoms with E-state index in [1.165, 1.54) is 0 Å². The van der Waals surface area contributed by atoms with Crippen LogP contribution in [0.1, 0.15) is 52.9 Å². The van der Waals surface area contributed by atoms with Gasteiger partial charge in [0.15, 0.2) is 0 Å². The van der Waals surface area contributed by atoms with Gasteiger partial charge >= 0.3 is 0 Å². The fourth-order valence-corrected chi connectivity index (χ4v) is 4.43. The van der Waals surface area contributed by atoms with Gasteiger partial charge in [-0.25, -0.2) is 0 Å². The molecule has 0 aromatic rings. The molecule has 1 aliphatic heterocycles. The van der Waals surface area contributed by atoms with E-state index in [9.17, 15) is 9.59 Å². The zero-order chi connectivity index (χ0) is 21.7. The van der Waals surface area contributed by atoms with Crippen LogP contribution in [0.2, 0.25) is 0 Å². The first-order chi connectivity index (χ1) is 14.5. The highest BCUT2D eigenvalue weighted by Crippen LogP contribution is 2.54. The molecule has 0 bridgehead atoms. The zero-order valence-electron chi connectivity index (χ0n) is 18.9. The number of allylic oxidation sites excluding steroid dienone is 1. The lowest BCUT2D eigenvalue weighted by molar-refractivity contribution is -0.131. The Bertz CT molecular complexity index is 697. The van der Waals surface area contributed by atoms with Crippen LogP contribution in [0.3, 0.4) is 0 Å². The molecular weight excluding hydrogens is 380 g/mol. The molecule has 0 spiro atoms. The number of amides is 2. The summed E-state index contributed by atoms with van der Waals surface area (Å²) in [6, 6.07) is 0. The number of fused-ring (bicyclic) bond motifs is 1. The average molecular weight is 419 g/mol. The minimum Gasteiger partial charge on any atom is -0.394 e. The molecule has 7 heteroatoms. The van der Waals surface area contributed by atoms with Crippen molar-refractivity contribution in [3.8, 4) is 0 Å². The fraction of sp³-hybridized carbons (Fsp3) is 0.783. The third-order valence-electron chi connectivity index (χ3n) is 6.72. The lowest BCUT2D eigenvalue weighted by Gasteiger charge is -2.27. The molecule has 1 saturated heterocycles. The second-order valence-corrected chi connectivity index (χ2v) is 8.98. The maximum atomic E-state index is 12.9. The Morgan fingerprint density at radius 1 is 1.27 bits per heavy atom. The van der Waals surface area contributed by atoms with Crippen molar-refractivity contribution in [2.75, 3.05) is 45.9 Å². The van der Waals surface area contributed by atoms with E-state index in [1.54, 1.807) is 4.90 Å². The average Bonchev–Trinajstić information content (AvgIpc) is 3.44. The first kappa shape index (κ1) is 22.8. The summed E-state index contributed by atoms with van der Waals surface area (Å²) in [4.78, 5) is 34.1. The van der Waals surface area contributed by atoms with Gasteiger partial charge in [0, 0.05) is 37.5 Å². The van der Waals surface area contributed by atoms with Crippen LogP contribution >= 0.6 is 0 Å². The molecule has 2 amide bonds. The molecule has 168 valence electrons. The van der Waals surface area contributed by atoms with Crippen LogP contribution in [0.25, 0.3) is 0 Å². The molecule has 2 aliphatic carbocycles. The van der Waals surface area contributed by atoms with Crippen molar-refractivity contribution in [2.24, 2.45) is 28.5 Å². The van der Waals surface area contributed by atoms with Crippen molar-refractivity contribution >= 4 is 17.5 Å². The molecule has 3 rings (SSSR count). The normalized spacial score (nSPS) is 27.0. The van der Waals surface area contributed by atoms with Crippen molar-refractivity contribution in [3.63, 3.8) is 0 Å². The van der Waals surface area contributed by atoms with Gasteiger partial charge in [0.2, 0.25) is 5.91 Å². The molecule has 3 unspecified atom stereocenters. The van der Waals surface area contributed by atoms with E-state index < -0.39 is 0 Å². The first-order valence-electron chi connectivity index (χ1n) is 11.6. The Morgan fingerprint density at radius 3 is 2.67 bits per heavy atom. The lowest BCUT2D eigenvalue weighted by atomic mass is 10.0. The van der Waals surface area contributed by atoms with Crippen LogP contribution in [-0.4, -0.2) is 73.3 Å². The van der Waals surface area contributed by atoms with Crippen molar-refractivity contribution in [1.82, 2.24) is 9.80 Å². The van der Waals surface area contributed by atoms with Gasteiger partial charge in [-0.05, 0) is 43.4 Å². The van der Waals surface area contributed by atoms with E-state index in [2.05, 4.69) is 25.8 Å². The number of aliphatic imine (C=N–C) groups is 1. The van der Waals surface area contributed by atoms with E-state index in [0.717, 1.165) is 56.5 Å². The highest BCUT2D eigenvalue weighted by molar-refractivity contribution is 6.11. The molecular formula is C23H38N4O3. The molecule has 3 fully saturated rings. The van der Waals surface area contributed by atoms with Gasteiger partial charge in [0.25, 0.3) is 5.91 Å². The summed E-state index contributed by atoms with van der Waals surface area (Å²) < 4.78 is 5.34. The van der Waals surface area contributed by atoms with Gasteiger partial charge in [-0.1, -0.05) is 27.2 Å². The second kappa shape index (κ2) is 10.4. The van der Waals surface area contributed by atoms with Crippen LogP contribution < -0.4 is 5.73 Å². The molecule has 1 heterocycles. The maximum Gasteiger partial charge on any atom is 0.270 e. The molecule has 3 atom stereocenters. The summed E-state index contributed by atoms with van der Waals surface area (Å²) in [5, 5.41) is 0. The Hall–Kier alpha value is -1.89. The zero-order valence-corrected chi connectivity index (χ0v) is 18.9. The Kier molecular flexibility index (Phi) is 7.92. The van der Waals surface area contributed by atoms with Crippen molar-refractivity contribution in [1.29, 1.82) is 0 Å². The molecule has 0 aromatic carbocycles. The number of ether oxygens (including phenoxy) is 1. The van der Waals surface area contributed by atoms with Gasteiger partial charge in [-0.2, -0.15) is 0 Å². The summed E-state index contributed by atoms with van der Waals surface area (Å²) in [5.74, 6) is 1.47. The molecule has 2 N–H and O–H groups in total. The van der Waals surface area contributed by atoms with Crippen LogP contribution in [0.4, 0.5) is 0 Å². The largest absolute Gasteiger partial charge is 0.394 e. The Morgan fingerprint density at radius 2 is 2.00 bits per heavy atom. The van der Waals surface area contributed by atoms with E-state index in [0.29, 0.717) is 49.8 Å². The first-order valence-corrected chi connectivity index (χ1v) is 11.6. The summed E-state index contributed by atoms with van der Waals surface area (Å²) >= 11 is 0. The van der Waals surface area contributed by atoms with E-state index in [4.69, 9.17) is 10.5 Å². The van der Waals surface area contributed by atoms with Crippen LogP contribution in [-0.2, 0) is 14.3 Å². The summed E-state index contributed by atoms with van der Waals surface area (Å²) in [5.41, 5.74) is 8.46. The number of hydrogen-bond acceptors (Lipinski definition) is 5. The quantitative estimate of drug-likeness (QED) is 0.582. The second-order valence-electron chi connectivity index (χ2n) is 8.98. The molecule has 30 heavy (non-hydrogen) atoms. The SMILES string of the molecule is CCCN(CCC(C)CC)C(=O)CN=C1CC2CC2/C1=C(/N)C(=O)N1CCOCC1. The fourth-order valence-electron chi connectivity index (χ4n) is 4.43. The summed E-state index contributed by atoms with van der Waals surface area (Å²) in [6.45, 7) is 10.5. The number of hydrogen-bond donors (Lipinski definition) is 1. The highest BCUT2D eigenvalue weighted by Gasteiger charge is 2.50. The molecule has 0 radical (unpaired) electrons. The predicted octanol–water partition coefficient (Wildman–Crippen LogP) is 2.21. The minimum absolute atomic E-state index is 0.0747. The van der Waals surface area contributed by atoms with Crippen molar-refractivity contribution < 1.29 is 14.3 Å². The number of nitrogens with zero attached hydrogens (tertiary/aromatic N) is 3. The summed E-state index contributed by atoms with van der Waals surface area (Å²) in [7, 11) is 0. The maximum absolute atomic E-state index is 12.9. The monoisotopic (exact) mass is 418 g/mol. The van der Waals surface area contributed by atoms with Crippen molar-refractivity contribution in [2.45, 2.75) is 52.9 Å². The number of nitrogens with two attached hydrogens (primary N) is 1. The van der Waals surface area contributed by atoms with Crippen LogP contribution in [0, 0.1) is 17.8 Å². The topological polar surface area (TPSA) is 88.2 Å². The third-order valence-corrected chi connectivity index (χ3v) is 6.72. The van der Waals surface area contributed by atoms with E-state index in [-0.39, 0.29) is 18.4 Å². The Balaban J connectivity index is 1.67. The minimum atomic E-state index is -0.110. The van der Waals surface area contributed by atoms with Gasteiger partial charge in [-0.15, -0.1) is 0 Å². The van der Waals surface area contributed by atoms with Gasteiger partial charge in [0.1, 0.15) is 12.2 Å². The van der Waals surface area contributed by atoms with Gasteiger partial charge in [-0.3, -0.25) is 14.6 Å². The number of rotatable bonds is 9. The standard InChI is InChI=1S/C23H38N4O3/c1-4-7-26(8-6-16(3)5-2)20(28)15-25-19-14-17-13-18(17)21(19)22(24)23(29)27-9-11-30-12-10-27/h16-18H,4-15,24H2,1-3H3/b22-21-,25-19?. The van der Waals surface area contributed by atoms with Gasteiger partial charge < -0.3 is 20.3 Å². The number of carbonyl (C=O) groups excluding carboxylic acids is 2. The lowest BCUT2D eigenvalue weighted by Crippen LogP contribution is -2.43. The third kappa shape index (κ3) is 5.42. The molecule has 2 saturated carbocycles. The Labute approximate surface area is 180 Å². The smallest absolute Gasteiger partial charge is 0.270 e. The molecule has 0 aromatic heterocycles. The molecule has 3 aliphatic rings. The molecule has 7 nitrogen and oxygen atoms in total. The van der Waals surface area contributed by atoms with Crippen LogP contribution in [0.15, 0.2) is 16.3 Å². The number of carbonyl (C=O) groups is 2. The van der Waals surface area contributed by atoms with Crippen molar-refractivity contribution in [3.05, 3.63) is 11.3 Å². The highest BCUT2D eigenvalue weighted by atomic mass is 16.5. The predicted molar refractivity (Wildman–Crippen MR) is 118 cm³/mol. The summed E-state index contributed by atoms with van der Waals surface area (Å²) in [6.07, 6.45) is 5.01. The van der Waals surface area contributed by atoms with Crippen LogP contribution in [0.5, 0.6) is 0 Å².